The molecule has 0 saturated heterocycles. The van der Waals surface area contributed by atoms with Crippen LogP contribution in [0.3, 0.4) is 0 Å². The van der Waals surface area contributed by atoms with Gasteiger partial charge >= 0.3 is 0 Å². The van der Waals surface area contributed by atoms with Crippen molar-refractivity contribution in [2.75, 3.05) is 6.54 Å². The van der Waals surface area contributed by atoms with E-state index in [1.54, 1.807) is 10.9 Å². The number of fused-ring (bicyclic) bond motifs is 1. The van der Waals surface area contributed by atoms with E-state index in [-0.39, 0.29) is 11.9 Å². The second-order valence-corrected chi connectivity index (χ2v) is 8.36. The van der Waals surface area contributed by atoms with Crippen LogP contribution >= 0.6 is 0 Å². The van der Waals surface area contributed by atoms with Gasteiger partial charge < -0.3 is 5.32 Å². The maximum atomic E-state index is 12.5. The molecule has 2 aromatic rings. The van der Waals surface area contributed by atoms with Crippen LogP contribution in [0.2, 0.25) is 0 Å². The Morgan fingerprint density at radius 2 is 2.07 bits per heavy atom. The van der Waals surface area contributed by atoms with Gasteiger partial charge in [0.2, 0.25) is 5.91 Å². The fourth-order valence-electron chi connectivity index (χ4n) is 4.48. The summed E-state index contributed by atoms with van der Waals surface area (Å²) < 4.78 is 3.85. The smallest absolute Gasteiger partial charge is 0.244 e. The van der Waals surface area contributed by atoms with Gasteiger partial charge in [-0.1, -0.05) is 19.3 Å². The van der Waals surface area contributed by atoms with Crippen molar-refractivity contribution in [3.8, 4) is 0 Å². The Hall–Kier alpha value is -2.15. The van der Waals surface area contributed by atoms with E-state index in [2.05, 4.69) is 26.1 Å². The Bertz CT molecular complexity index is 804. The first-order valence-electron chi connectivity index (χ1n) is 10.7. The lowest BCUT2D eigenvalue weighted by atomic mass is 9.94. The Balaban J connectivity index is 1.36. The number of nitrogens with one attached hydrogen (secondary N) is 1. The lowest BCUT2D eigenvalue weighted by molar-refractivity contribution is -0.124. The van der Waals surface area contributed by atoms with Gasteiger partial charge in [-0.15, -0.1) is 0 Å². The molecule has 0 bridgehead atoms. The summed E-state index contributed by atoms with van der Waals surface area (Å²) in [5.41, 5.74) is 3.28. The summed E-state index contributed by atoms with van der Waals surface area (Å²) in [6, 6.07) is 2.58. The predicted octanol–water partition coefficient (Wildman–Crippen LogP) is 2.80. The standard InChI is InChI=1S/C21H32N6O/c1-16-12-23-27(14-16)17(2)21(28)22-13-18-11-20-15-25(9-6-10-26(20)24-18)19-7-4-3-5-8-19/h11-12,14,17,19H,3-10,13,15H2,1-2H3,(H,22,28). The first-order chi connectivity index (χ1) is 13.6. The fourth-order valence-corrected chi connectivity index (χ4v) is 4.48. The SMILES string of the molecule is Cc1cnn(C(C)C(=O)NCc2cc3n(n2)CCCN(C2CCCCC2)C3)c1. The Labute approximate surface area is 167 Å². The summed E-state index contributed by atoms with van der Waals surface area (Å²) in [5, 5.41) is 12.0. The lowest BCUT2D eigenvalue weighted by Crippen LogP contribution is -2.36. The molecule has 1 N–H and O–H groups in total. The number of aromatic nitrogens is 4. The van der Waals surface area contributed by atoms with Crippen molar-refractivity contribution in [3.05, 3.63) is 35.4 Å². The van der Waals surface area contributed by atoms with Gasteiger partial charge in [0.1, 0.15) is 6.04 Å². The number of carbonyl (C=O) groups is 1. The molecule has 0 radical (unpaired) electrons. The van der Waals surface area contributed by atoms with Crippen LogP contribution in [0.25, 0.3) is 0 Å². The van der Waals surface area contributed by atoms with Gasteiger partial charge in [0.05, 0.1) is 24.1 Å². The molecule has 1 saturated carbocycles. The third-order valence-corrected chi connectivity index (χ3v) is 6.14. The van der Waals surface area contributed by atoms with E-state index in [1.807, 2.05) is 20.0 Å². The molecule has 0 spiro atoms. The quantitative estimate of drug-likeness (QED) is 0.861. The molecule has 1 unspecified atom stereocenters. The highest BCUT2D eigenvalue weighted by Crippen LogP contribution is 2.26. The normalized spacial score (nSPS) is 19.8. The van der Waals surface area contributed by atoms with Gasteiger partial charge in [-0.25, -0.2) is 0 Å². The lowest BCUT2D eigenvalue weighted by Gasteiger charge is -2.33. The van der Waals surface area contributed by atoms with E-state index in [0.717, 1.165) is 36.8 Å². The number of amides is 1. The van der Waals surface area contributed by atoms with E-state index in [4.69, 9.17) is 5.10 Å². The minimum Gasteiger partial charge on any atom is -0.349 e. The third-order valence-electron chi connectivity index (χ3n) is 6.14. The topological polar surface area (TPSA) is 68.0 Å². The van der Waals surface area contributed by atoms with Crippen molar-refractivity contribution in [3.63, 3.8) is 0 Å². The van der Waals surface area contributed by atoms with Crippen molar-refractivity contribution in [2.24, 2.45) is 0 Å². The molecule has 0 aromatic carbocycles. The molecule has 1 atom stereocenters. The molecule has 2 aliphatic rings. The summed E-state index contributed by atoms with van der Waals surface area (Å²) in [6.07, 6.45) is 11.6. The first kappa shape index (κ1) is 19.2. The van der Waals surface area contributed by atoms with Gasteiger partial charge in [0.15, 0.2) is 0 Å². The molecule has 7 heteroatoms. The van der Waals surface area contributed by atoms with Gasteiger partial charge in [-0.3, -0.25) is 19.1 Å². The van der Waals surface area contributed by atoms with Crippen LogP contribution in [0.5, 0.6) is 0 Å². The molecule has 1 amide bonds. The average Bonchev–Trinajstić information content (AvgIpc) is 3.26. The number of aryl methyl sites for hydroxylation is 2. The highest BCUT2D eigenvalue weighted by Gasteiger charge is 2.25. The van der Waals surface area contributed by atoms with E-state index < -0.39 is 0 Å². The van der Waals surface area contributed by atoms with Gasteiger partial charge in [-0.05, 0) is 44.7 Å². The largest absolute Gasteiger partial charge is 0.349 e. The number of hydrogen-bond acceptors (Lipinski definition) is 4. The van der Waals surface area contributed by atoms with Crippen molar-refractivity contribution in [2.45, 2.75) is 84.1 Å². The molecule has 2 aromatic heterocycles. The van der Waals surface area contributed by atoms with Crippen molar-refractivity contribution >= 4 is 5.91 Å². The highest BCUT2D eigenvalue weighted by atomic mass is 16.2. The number of carbonyl (C=O) groups excluding carboxylic acids is 1. The Morgan fingerprint density at radius 3 is 2.82 bits per heavy atom. The number of nitrogens with zero attached hydrogens (tertiary/aromatic N) is 5. The maximum Gasteiger partial charge on any atom is 0.244 e. The van der Waals surface area contributed by atoms with Crippen LogP contribution in [0.1, 0.15) is 68.4 Å². The highest BCUT2D eigenvalue weighted by molar-refractivity contribution is 5.79. The summed E-state index contributed by atoms with van der Waals surface area (Å²) in [6.45, 7) is 7.42. The van der Waals surface area contributed by atoms with Gasteiger partial charge in [0, 0.05) is 31.9 Å². The van der Waals surface area contributed by atoms with E-state index in [9.17, 15) is 4.79 Å². The molecular weight excluding hydrogens is 352 g/mol. The summed E-state index contributed by atoms with van der Waals surface area (Å²) in [4.78, 5) is 15.1. The second kappa shape index (κ2) is 8.47. The van der Waals surface area contributed by atoms with Crippen LogP contribution in [0.4, 0.5) is 0 Å². The van der Waals surface area contributed by atoms with E-state index in [0.29, 0.717) is 6.54 Å². The zero-order chi connectivity index (χ0) is 19.5. The molecule has 4 rings (SSSR count). The minimum atomic E-state index is -0.323. The van der Waals surface area contributed by atoms with Crippen molar-refractivity contribution in [1.82, 2.24) is 29.8 Å². The average molecular weight is 385 g/mol. The monoisotopic (exact) mass is 384 g/mol. The second-order valence-electron chi connectivity index (χ2n) is 8.36. The first-order valence-corrected chi connectivity index (χ1v) is 10.7. The van der Waals surface area contributed by atoms with Crippen LogP contribution in [-0.4, -0.2) is 43.0 Å². The van der Waals surface area contributed by atoms with E-state index in [1.165, 1.54) is 44.3 Å². The molecule has 28 heavy (non-hydrogen) atoms. The van der Waals surface area contributed by atoms with Crippen molar-refractivity contribution in [1.29, 1.82) is 0 Å². The zero-order valence-electron chi connectivity index (χ0n) is 17.1. The summed E-state index contributed by atoms with van der Waals surface area (Å²) in [7, 11) is 0. The minimum absolute atomic E-state index is 0.0323. The molecule has 1 fully saturated rings. The summed E-state index contributed by atoms with van der Waals surface area (Å²) in [5.74, 6) is -0.0323. The van der Waals surface area contributed by atoms with Crippen LogP contribution in [0.15, 0.2) is 18.5 Å². The van der Waals surface area contributed by atoms with Crippen molar-refractivity contribution < 1.29 is 4.79 Å². The predicted molar refractivity (Wildman–Crippen MR) is 108 cm³/mol. The molecule has 7 nitrogen and oxygen atoms in total. The van der Waals surface area contributed by atoms with Crippen LogP contribution in [0, 0.1) is 6.92 Å². The molecule has 152 valence electrons. The fraction of sp³-hybridized carbons (Fsp3) is 0.667. The van der Waals surface area contributed by atoms with E-state index >= 15 is 0 Å². The Morgan fingerprint density at radius 1 is 1.25 bits per heavy atom. The molecule has 1 aliphatic carbocycles. The number of rotatable bonds is 5. The number of hydrogen-bond donors (Lipinski definition) is 1. The molecular formula is C21H32N6O. The Kier molecular flexibility index (Phi) is 5.80. The zero-order valence-corrected chi connectivity index (χ0v) is 17.1. The maximum absolute atomic E-state index is 12.5. The summed E-state index contributed by atoms with van der Waals surface area (Å²) >= 11 is 0. The third kappa shape index (κ3) is 4.29. The molecule has 1 aliphatic heterocycles. The van der Waals surface area contributed by atoms with Crippen LogP contribution in [-0.2, 0) is 24.4 Å². The molecule has 3 heterocycles. The van der Waals surface area contributed by atoms with Crippen LogP contribution < -0.4 is 5.32 Å². The van der Waals surface area contributed by atoms with Gasteiger partial charge in [-0.2, -0.15) is 10.2 Å². The van der Waals surface area contributed by atoms with Gasteiger partial charge in [0.25, 0.3) is 0 Å².